The fraction of sp³-hybridized carbons (Fsp3) is 0.222. The number of amides is 2. The zero-order chi connectivity index (χ0) is 15.7. The van der Waals surface area contributed by atoms with Crippen molar-refractivity contribution in [3.63, 3.8) is 0 Å². The zero-order valence-corrected chi connectivity index (χ0v) is 13.0. The summed E-state index contributed by atoms with van der Waals surface area (Å²) in [5, 5.41) is 0.678. The molecule has 22 heavy (non-hydrogen) atoms. The van der Waals surface area contributed by atoms with Crippen molar-refractivity contribution in [2.75, 3.05) is 0 Å². The van der Waals surface area contributed by atoms with Gasteiger partial charge in [0, 0.05) is 11.1 Å². The SMILES string of the molecule is CCC(Cc1ccc(Cl)cc1)N1C(=O)c2ccccc2C1=O. The highest BCUT2D eigenvalue weighted by atomic mass is 35.5. The lowest BCUT2D eigenvalue weighted by Gasteiger charge is -2.25. The summed E-state index contributed by atoms with van der Waals surface area (Å²) in [6.45, 7) is 1.99. The van der Waals surface area contributed by atoms with Gasteiger partial charge in [0.05, 0.1) is 11.1 Å². The summed E-state index contributed by atoms with van der Waals surface area (Å²) in [7, 11) is 0. The predicted molar refractivity (Wildman–Crippen MR) is 86.2 cm³/mol. The van der Waals surface area contributed by atoms with Crippen LogP contribution in [0.2, 0.25) is 5.02 Å². The van der Waals surface area contributed by atoms with E-state index in [0.717, 1.165) is 5.56 Å². The first-order valence-electron chi connectivity index (χ1n) is 7.33. The number of fused-ring (bicyclic) bond motifs is 1. The van der Waals surface area contributed by atoms with E-state index in [4.69, 9.17) is 11.6 Å². The largest absolute Gasteiger partial charge is 0.271 e. The molecule has 0 bridgehead atoms. The molecule has 1 aliphatic heterocycles. The maximum absolute atomic E-state index is 12.5. The fourth-order valence-corrected chi connectivity index (χ4v) is 2.98. The summed E-state index contributed by atoms with van der Waals surface area (Å²) in [6, 6.07) is 14.4. The molecule has 0 fully saturated rings. The first kappa shape index (κ1) is 14.8. The van der Waals surface area contributed by atoms with Gasteiger partial charge >= 0.3 is 0 Å². The molecule has 2 amide bonds. The standard InChI is InChI=1S/C18H16ClNO2/c1-2-14(11-12-7-9-13(19)10-8-12)20-17(21)15-5-3-4-6-16(15)18(20)22/h3-10,14H,2,11H2,1H3. The lowest BCUT2D eigenvalue weighted by Crippen LogP contribution is -2.40. The smallest absolute Gasteiger partial charge is 0.261 e. The lowest BCUT2D eigenvalue weighted by atomic mass is 10.0. The second-order valence-electron chi connectivity index (χ2n) is 5.42. The summed E-state index contributed by atoms with van der Waals surface area (Å²) >= 11 is 5.90. The van der Waals surface area contributed by atoms with E-state index >= 15 is 0 Å². The number of hydrogen-bond acceptors (Lipinski definition) is 2. The molecule has 3 rings (SSSR count). The van der Waals surface area contributed by atoms with Gasteiger partial charge in [-0.1, -0.05) is 42.8 Å². The number of benzene rings is 2. The van der Waals surface area contributed by atoms with Crippen molar-refractivity contribution < 1.29 is 9.59 Å². The van der Waals surface area contributed by atoms with Crippen LogP contribution in [0.15, 0.2) is 48.5 Å². The van der Waals surface area contributed by atoms with E-state index in [-0.39, 0.29) is 17.9 Å². The Bertz CT molecular complexity index is 689. The van der Waals surface area contributed by atoms with Crippen LogP contribution in [0.5, 0.6) is 0 Å². The molecule has 0 aromatic heterocycles. The number of hydrogen-bond donors (Lipinski definition) is 0. The summed E-state index contributed by atoms with van der Waals surface area (Å²) in [6.07, 6.45) is 1.35. The number of carbonyl (C=O) groups excluding carboxylic acids is 2. The molecule has 1 heterocycles. The van der Waals surface area contributed by atoms with Gasteiger partial charge < -0.3 is 0 Å². The molecule has 2 aromatic rings. The minimum atomic E-state index is -0.193. The minimum Gasteiger partial charge on any atom is -0.271 e. The average molecular weight is 314 g/mol. The molecule has 3 nitrogen and oxygen atoms in total. The second-order valence-corrected chi connectivity index (χ2v) is 5.85. The third-order valence-corrected chi connectivity index (χ3v) is 4.30. The van der Waals surface area contributed by atoms with Crippen molar-refractivity contribution in [2.45, 2.75) is 25.8 Å². The molecule has 2 aromatic carbocycles. The molecule has 0 saturated carbocycles. The van der Waals surface area contributed by atoms with Gasteiger partial charge in [-0.15, -0.1) is 0 Å². The van der Waals surface area contributed by atoms with Gasteiger partial charge in [-0.2, -0.15) is 0 Å². The van der Waals surface area contributed by atoms with Crippen LogP contribution in [-0.2, 0) is 6.42 Å². The van der Waals surface area contributed by atoms with Gasteiger partial charge in [0.1, 0.15) is 0 Å². The van der Waals surface area contributed by atoms with Crippen molar-refractivity contribution in [1.82, 2.24) is 4.90 Å². The van der Waals surface area contributed by atoms with Crippen LogP contribution < -0.4 is 0 Å². The monoisotopic (exact) mass is 313 g/mol. The van der Waals surface area contributed by atoms with Gasteiger partial charge in [0.25, 0.3) is 11.8 Å². The van der Waals surface area contributed by atoms with Crippen LogP contribution >= 0.6 is 11.6 Å². The Hall–Kier alpha value is -2.13. The van der Waals surface area contributed by atoms with Gasteiger partial charge in [-0.3, -0.25) is 14.5 Å². The van der Waals surface area contributed by atoms with Crippen LogP contribution in [0, 0.1) is 0 Å². The summed E-state index contributed by atoms with van der Waals surface area (Å²) in [5.41, 5.74) is 2.07. The van der Waals surface area contributed by atoms with E-state index in [0.29, 0.717) is 29.0 Å². The van der Waals surface area contributed by atoms with Gasteiger partial charge in [0.15, 0.2) is 0 Å². The third kappa shape index (κ3) is 2.53. The number of rotatable bonds is 4. The molecule has 1 aliphatic rings. The topological polar surface area (TPSA) is 37.4 Å². The Labute approximate surface area is 134 Å². The van der Waals surface area contributed by atoms with Crippen LogP contribution in [0.1, 0.15) is 39.6 Å². The molecule has 4 heteroatoms. The molecule has 1 atom stereocenters. The Balaban J connectivity index is 1.87. The molecule has 0 radical (unpaired) electrons. The van der Waals surface area contributed by atoms with E-state index < -0.39 is 0 Å². The molecular weight excluding hydrogens is 298 g/mol. The highest BCUT2D eigenvalue weighted by Crippen LogP contribution is 2.27. The summed E-state index contributed by atoms with van der Waals surface area (Å²) in [4.78, 5) is 26.5. The maximum Gasteiger partial charge on any atom is 0.261 e. The maximum atomic E-state index is 12.5. The summed E-state index contributed by atoms with van der Waals surface area (Å²) in [5.74, 6) is -0.386. The highest BCUT2D eigenvalue weighted by Gasteiger charge is 2.38. The van der Waals surface area contributed by atoms with Gasteiger partial charge in [0.2, 0.25) is 0 Å². The quantitative estimate of drug-likeness (QED) is 0.801. The lowest BCUT2D eigenvalue weighted by molar-refractivity contribution is 0.0579. The summed E-state index contributed by atoms with van der Waals surface area (Å²) < 4.78 is 0. The van der Waals surface area contributed by atoms with Crippen LogP contribution in [-0.4, -0.2) is 22.8 Å². The predicted octanol–water partition coefficient (Wildman–Crippen LogP) is 3.96. The molecule has 0 saturated heterocycles. The van der Waals surface area contributed by atoms with Crippen LogP contribution in [0.3, 0.4) is 0 Å². The van der Waals surface area contributed by atoms with Crippen molar-refractivity contribution >= 4 is 23.4 Å². The third-order valence-electron chi connectivity index (χ3n) is 4.05. The molecular formula is C18H16ClNO2. The normalized spacial score (nSPS) is 15.1. The Morgan fingerprint density at radius 1 is 0.955 bits per heavy atom. The van der Waals surface area contributed by atoms with E-state index in [1.54, 1.807) is 24.3 Å². The molecule has 0 aliphatic carbocycles. The highest BCUT2D eigenvalue weighted by molar-refractivity contribution is 6.30. The fourth-order valence-electron chi connectivity index (χ4n) is 2.85. The molecule has 1 unspecified atom stereocenters. The Morgan fingerprint density at radius 2 is 1.50 bits per heavy atom. The molecule has 0 N–H and O–H groups in total. The second kappa shape index (κ2) is 5.93. The minimum absolute atomic E-state index is 0.145. The van der Waals surface area contributed by atoms with Gasteiger partial charge in [-0.05, 0) is 42.7 Å². The van der Waals surface area contributed by atoms with E-state index in [1.807, 2.05) is 31.2 Å². The van der Waals surface area contributed by atoms with Crippen LogP contribution in [0.4, 0.5) is 0 Å². The number of nitrogens with zero attached hydrogens (tertiary/aromatic N) is 1. The molecule has 112 valence electrons. The average Bonchev–Trinajstić information content (AvgIpc) is 2.79. The van der Waals surface area contributed by atoms with Crippen molar-refractivity contribution in [1.29, 1.82) is 0 Å². The number of carbonyl (C=O) groups is 2. The van der Waals surface area contributed by atoms with Crippen molar-refractivity contribution in [3.8, 4) is 0 Å². The number of halogens is 1. The zero-order valence-electron chi connectivity index (χ0n) is 12.3. The first-order chi connectivity index (χ1) is 10.6. The number of imide groups is 1. The Kier molecular flexibility index (Phi) is 3.99. The Morgan fingerprint density at radius 3 is 2.00 bits per heavy atom. The molecule has 0 spiro atoms. The van der Waals surface area contributed by atoms with Crippen LogP contribution in [0.25, 0.3) is 0 Å². The van der Waals surface area contributed by atoms with E-state index in [9.17, 15) is 9.59 Å². The first-order valence-corrected chi connectivity index (χ1v) is 7.71. The van der Waals surface area contributed by atoms with E-state index in [1.165, 1.54) is 4.90 Å². The van der Waals surface area contributed by atoms with E-state index in [2.05, 4.69) is 0 Å². The van der Waals surface area contributed by atoms with Crippen molar-refractivity contribution in [3.05, 3.63) is 70.2 Å². The van der Waals surface area contributed by atoms with Gasteiger partial charge in [-0.25, -0.2) is 0 Å². The van der Waals surface area contributed by atoms with Crippen molar-refractivity contribution in [2.24, 2.45) is 0 Å².